The van der Waals surface area contributed by atoms with Gasteiger partial charge in [-0.2, -0.15) is 5.10 Å². The lowest BCUT2D eigenvalue weighted by Gasteiger charge is -2.17. The van der Waals surface area contributed by atoms with Gasteiger partial charge in [0.25, 0.3) is 5.91 Å². The van der Waals surface area contributed by atoms with Gasteiger partial charge in [0.2, 0.25) is 5.91 Å². The van der Waals surface area contributed by atoms with E-state index in [1.807, 2.05) is 19.1 Å². The highest BCUT2D eigenvalue weighted by molar-refractivity contribution is 6.33. The van der Waals surface area contributed by atoms with Crippen LogP contribution >= 0.6 is 11.6 Å². The largest absolute Gasteiger partial charge is 0.452 e. The van der Waals surface area contributed by atoms with Crippen LogP contribution in [0.5, 0.6) is 0 Å². The molecule has 1 N–H and O–H groups in total. The van der Waals surface area contributed by atoms with Crippen molar-refractivity contribution in [3.05, 3.63) is 76.3 Å². The van der Waals surface area contributed by atoms with Crippen LogP contribution in [0.1, 0.15) is 21.6 Å². The number of nitrogens with zero attached hydrogens (tertiary/aromatic N) is 3. The predicted molar refractivity (Wildman–Crippen MR) is 121 cm³/mol. The molecule has 0 aliphatic carbocycles. The van der Waals surface area contributed by atoms with Gasteiger partial charge in [0, 0.05) is 12.7 Å². The van der Waals surface area contributed by atoms with Gasteiger partial charge in [-0.15, -0.1) is 0 Å². The van der Waals surface area contributed by atoms with Crippen molar-refractivity contribution in [1.29, 1.82) is 0 Å². The third-order valence-electron chi connectivity index (χ3n) is 4.75. The summed E-state index contributed by atoms with van der Waals surface area (Å²) in [6, 6.07) is 12.6. The molecule has 2 aromatic carbocycles. The summed E-state index contributed by atoms with van der Waals surface area (Å²) in [6.45, 7) is 2.70. The van der Waals surface area contributed by atoms with Gasteiger partial charge in [0.05, 0.1) is 17.9 Å². The molecule has 0 spiro atoms. The zero-order valence-electron chi connectivity index (χ0n) is 18.3. The number of benzene rings is 2. The van der Waals surface area contributed by atoms with Gasteiger partial charge < -0.3 is 15.0 Å². The Kier molecular flexibility index (Phi) is 7.44. The first kappa shape index (κ1) is 23.9. The van der Waals surface area contributed by atoms with E-state index in [0.717, 1.165) is 10.5 Å². The van der Waals surface area contributed by atoms with Crippen molar-refractivity contribution in [3.63, 3.8) is 0 Å². The van der Waals surface area contributed by atoms with E-state index in [0.29, 0.717) is 11.4 Å². The number of ether oxygens (including phenoxy) is 1. The number of anilines is 1. The molecule has 8 nitrogen and oxygen atoms in total. The second-order valence-corrected chi connectivity index (χ2v) is 7.74. The number of carbonyl (C=O) groups excluding carboxylic acids is 3. The first-order valence-corrected chi connectivity index (χ1v) is 10.3. The summed E-state index contributed by atoms with van der Waals surface area (Å²) in [6.07, 6.45) is 0. The van der Waals surface area contributed by atoms with E-state index in [9.17, 15) is 18.8 Å². The molecule has 33 heavy (non-hydrogen) atoms. The summed E-state index contributed by atoms with van der Waals surface area (Å²) >= 11 is 6.29. The zero-order chi connectivity index (χ0) is 24.1. The standard InChI is InChI=1S/C23H22ClFN4O4/c1-14-4-8-17(9-5-14)26-19(30)12-28(3)20(31)13-33-23(32)21-15(2)27-29(22(21)24)18-10-6-16(25)7-11-18/h4-11H,12-13H2,1-3H3,(H,26,30). The quantitative estimate of drug-likeness (QED) is 0.531. The van der Waals surface area contributed by atoms with Crippen LogP contribution < -0.4 is 5.32 Å². The van der Waals surface area contributed by atoms with Crippen molar-refractivity contribution in [2.45, 2.75) is 13.8 Å². The maximum Gasteiger partial charge on any atom is 0.343 e. The van der Waals surface area contributed by atoms with E-state index in [-0.39, 0.29) is 28.9 Å². The molecule has 3 aromatic rings. The molecule has 0 aliphatic rings. The van der Waals surface area contributed by atoms with Crippen LogP contribution in [0.3, 0.4) is 0 Å². The Bertz CT molecular complexity index is 1180. The van der Waals surface area contributed by atoms with Crippen LogP contribution in [-0.2, 0) is 14.3 Å². The third kappa shape index (κ3) is 5.95. The summed E-state index contributed by atoms with van der Waals surface area (Å²) in [5.74, 6) is -2.21. The first-order valence-electron chi connectivity index (χ1n) is 9.94. The number of carbonyl (C=O) groups is 3. The fraction of sp³-hybridized carbons (Fsp3) is 0.217. The van der Waals surface area contributed by atoms with Crippen molar-refractivity contribution in [2.75, 3.05) is 25.5 Å². The average Bonchev–Trinajstić information content (AvgIpc) is 3.07. The lowest BCUT2D eigenvalue weighted by atomic mass is 10.2. The van der Waals surface area contributed by atoms with E-state index in [1.54, 1.807) is 19.1 Å². The number of likely N-dealkylation sites (N-methyl/N-ethyl adjacent to an activating group) is 1. The number of amides is 2. The number of aryl methyl sites for hydroxylation is 2. The Labute approximate surface area is 194 Å². The van der Waals surface area contributed by atoms with E-state index in [4.69, 9.17) is 16.3 Å². The second kappa shape index (κ2) is 10.3. The Morgan fingerprint density at radius 2 is 1.73 bits per heavy atom. The van der Waals surface area contributed by atoms with Gasteiger partial charge in [-0.1, -0.05) is 29.3 Å². The predicted octanol–water partition coefficient (Wildman–Crippen LogP) is 3.54. The van der Waals surface area contributed by atoms with Crippen LogP contribution in [-0.4, -0.2) is 52.7 Å². The van der Waals surface area contributed by atoms with Gasteiger partial charge in [0.1, 0.15) is 16.5 Å². The van der Waals surface area contributed by atoms with Crippen LogP contribution in [0.2, 0.25) is 5.15 Å². The third-order valence-corrected chi connectivity index (χ3v) is 5.10. The Hall–Kier alpha value is -3.72. The molecule has 0 unspecified atom stereocenters. The van der Waals surface area contributed by atoms with E-state index >= 15 is 0 Å². The van der Waals surface area contributed by atoms with E-state index in [2.05, 4.69) is 10.4 Å². The highest BCUT2D eigenvalue weighted by Gasteiger charge is 2.24. The number of hydrogen-bond acceptors (Lipinski definition) is 5. The molecule has 172 valence electrons. The lowest BCUT2D eigenvalue weighted by Crippen LogP contribution is -2.37. The van der Waals surface area contributed by atoms with Gasteiger partial charge in [-0.25, -0.2) is 13.9 Å². The van der Waals surface area contributed by atoms with Crippen LogP contribution in [0.25, 0.3) is 5.69 Å². The molecule has 0 saturated carbocycles. The topological polar surface area (TPSA) is 93.5 Å². The SMILES string of the molecule is Cc1ccc(NC(=O)CN(C)C(=O)COC(=O)c2c(C)nn(-c3ccc(F)cc3)c2Cl)cc1. The molecular formula is C23H22ClFN4O4. The monoisotopic (exact) mass is 472 g/mol. The lowest BCUT2D eigenvalue weighted by molar-refractivity contribution is -0.136. The van der Waals surface area contributed by atoms with Crippen molar-refractivity contribution < 1.29 is 23.5 Å². The van der Waals surface area contributed by atoms with E-state index in [1.165, 1.54) is 36.0 Å². The zero-order valence-corrected chi connectivity index (χ0v) is 19.0. The van der Waals surface area contributed by atoms with Crippen molar-refractivity contribution >= 4 is 35.1 Å². The number of rotatable bonds is 7. The highest BCUT2D eigenvalue weighted by atomic mass is 35.5. The van der Waals surface area contributed by atoms with Crippen LogP contribution in [0, 0.1) is 19.7 Å². The number of nitrogens with one attached hydrogen (secondary N) is 1. The normalized spacial score (nSPS) is 10.6. The highest BCUT2D eigenvalue weighted by Crippen LogP contribution is 2.24. The molecule has 3 rings (SSSR count). The molecule has 1 aromatic heterocycles. The molecule has 0 aliphatic heterocycles. The Morgan fingerprint density at radius 3 is 2.36 bits per heavy atom. The smallest absolute Gasteiger partial charge is 0.343 e. The Morgan fingerprint density at radius 1 is 1.09 bits per heavy atom. The molecule has 1 heterocycles. The summed E-state index contributed by atoms with van der Waals surface area (Å²) in [5.41, 5.74) is 2.40. The summed E-state index contributed by atoms with van der Waals surface area (Å²) in [4.78, 5) is 38.2. The molecule has 0 bridgehead atoms. The van der Waals surface area contributed by atoms with Crippen LogP contribution in [0.15, 0.2) is 48.5 Å². The number of hydrogen-bond donors (Lipinski definition) is 1. The van der Waals surface area contributed by atoms with Crippen molar-refractivity contribution in [3.8, 4) is 5.69 Å². The average molecular weight is 473 g/mol. The fourth-order valence-electron chi connectivity index (χ4n) is 2.94. The first-order chi connectivity index (χ1) is 15.7. The minimum absolute atomic E-state index is 0.00596. The molecule has 0 radical (unpaired) electrons. The maximum atomic E-state index is 13.2. The van der Waals surface area contributed by atoms with E-state index < -0.39 is 24.3 Å². The molecule has 2 amide bonds. The molecule has 0 fully saturated rings. The minimum atomic E-state index is -0.836. The molecule has 10 heteroatoms. The number of esters is 1. The van der Waals surface area contributed by atoms with Gasteiger partial charge >= 0.3 is 5.97 Å². The fourth-order valence-corrected chi connectivity index (χ4v) is 3.28. The van der Waals surface area contributed by atoms with Gasteiger partial charge in [0.15, 0.2) is 6.61 Å². The van der Waals surface area contributed by atoms with Gasteiger partial charge in [-0.05, 0) is 50.2 Å². The summed E-state index contributed by atoms with van der Waals surface area (Å²) in [7, 11) is 1.43. The molecule has 0 saturated heterocycles. The second-order valence-electron chi connectivity index (χ2n) is 7.38. The molecular weight excluding hydrogens is 451 g/mol. The molecule has 0 atom stereocenters. The van der Waals surface area contributed by atoms with Gasteiger partial charge in [-0.3, -0.25) is 9.59 Å². The summed E-state index contributed by atoms with van der Waals surface area (Å²) < 4.78 is 19.5. The number of aromatic nitrogens is 2. The minimum Gasteiger partial charge on any atom is -0.452 e. The van der Waals surface area contributed by atoms with Crippen LogP contribution in [0.4, 0.5) is 10.1 Å². The maximum absolute atomic E-state index is 13.2. The Balaban J connectivity index is 1.57. The van der Waals surface area contributed by atoms with Crippen molar-refractivity contribution in [1.82, 2.24) is 14.7 Å². The summed E-state index contributed by atoms with van der Waals surface area (Å²) in [5, 5.41) is 6.86. The number of halogens is 2. The van der Waals surface area contributed by atoms with Crippen molar-refractivity contribution in [2.24, 2.45) is 0 Å².